The van der Waals surface area contributed by atoms with Crippen molar-refractivity contribution < 1.29 is 4.39 Å². The molecule has 7 heteroatoms. The van der Waals surface area contributed by atoms with Crippen LogP contribution in [0.5, 0.6) is 0 Å². The minimum atomic E-state index is -0.776. The third-order valence-corrected chi connectivity index (χ3v) is 2.25. The van der Waals surface area contributed by atoms with E-state index in [0.717, 1.165) is 0 Å². The number of hydrogen-bond acceptors (Lipinski definition) is 4. The van der Waals surface area contributed by atoms with Gasteiger partial charge in [0, 0.05) is 5.56 Å². The molecule has 0 saturated heterocycles. The molecule has 0 bridgehead atoms. The Hall–Kier alpha value is -1.53. The number of hydrogen-bond donors (Lipinski definition) is 2. The highest BCUT2D eigenvalue weighted by molar-refractivity contribution is 6.30. The van der Waals surface area contributed by atoms with Gasteiger partial charge in [0.1, 0.15) is 5.82 Å². The molecule has 0 saturated carbocycles. The van der Waals surface area contributed by atoms with Crippen LogP contribution in [0.4, 0.5) is 4.39 Å². The highest BCUT2D eigenvalue weighted by Crippen LogP contribution is 2.24. The van der Waals surface area contributed by atoms with Crippen molar-refractivity contribution in [2.45, 2.75) is 6.04 Å². The Bertz CT molecular complexity index is 458. The van der Waals surface area contributed by atoms with Crippen molar-refractivity contribution >= 4 is 11.6 Å². The minimum Gasteiger partial charge on any atom is -0.317 e. The van der Waals surface area contributed by atoms with Gasteiger partial charge in [-0.25, -0.2) is 4.39 Å². The summed E-state index contributed by atoms with van der Waals surface area (Å²) >= 11 is 5.62. The molecule has 1 aromatic heterocycles. The molecule has 2 rings (SSSR count). The number of aromatic nitrogens is 4. The second kappa shape index (κ2) is 3.92. The van der Waals surface area contributed by atoms with E-state index in [9.17, 15) is 4.39 Å². The van der Waals surface area contributed by atoms with E-state index < -0.39 is 11.9 Å². The number of nitrogens with one attached hydrogen (secondary N) is 1. The maximum absolute atomic E-state index is 13.5. The molecule has 78 valence electrons. The van der Waals surface area contributed by atoms with Gasteiger partial charge in [0.15, 0.2) is 5.82 Å². The molecule has 0 aliphatic heterocycles. The number of rotatable bonds is 2. The van der Waals surface area contributed by atoms with Crippen LogP contribution in [0.15, 0.2) is 18.2 Å². The molecule has 0 spiro atoms. The molecule has 1 unspecified atom stereocenters. The van der Waals surface area contributed by atoms with Crippen molar-refractivity contribution in [1.29, 1.82) is 0 Å². The summed E-state index contributed by atoms with van der Waals surface area (Å²) in [6, 6.07) is 3.81. The molecule has 5 nitrogen and oxygen atoms in total. The smallest absolute Gasteiger partial charge is 0.195 e. The molecular formula is C8H7ClFN5. The molecule has 15 heavy (non-hydrogen) atoms. The zero-order chi connectivity index (χ0) is 10.8. The lowest BCUT2D eigenvalue weighted by molar-refractivity contribution is 0.594. The number of nitrogens with zero attached hydrogens (tertiary/aromatic N) is 3. The fourth-order valence-corrected chi connectivity index (χ4v) is 1.38. The maximum Gasteiger partial charge on any atom is 0.195 e. The van der Waals surface area contributed by atoms with Crippen LogP contribution >= 0.6 is 11.6 Å². The third-order valence-electron chi connectivity index (χ3n) is 1.96. The number of aromatic amines is 1. The van der Waals surface area contributed by atoms with Gasteiger partial charge in [-0.1, -0.05) is 28.9 Å². The highest BCUT2D eigenvalue weighted by Gasteiger charge is 2.18. The van der Waals surface area contributed by atoms with E-state index in [1.54, 1.807) is 6.07 Å². The highest BCUT2D eigenvalue weighted by atomic mass is 35.5. The number of tetrazole rings is 1. The molecule has 0 fully saturated rings. The predicted octanol–water partition coefficient (Wildman–Crippen LogP) is 1.04. The van der Waals surface area contributed by atoms with Crippen molar-refractivity contribution in [3.8, 4) is 0 Å². The lowest BCUT2D eigenvalue weighted by Crippen LogP contribution is -2.15. The van der Waals surface area contributed by atoms with Gasteiger partial charge in [0.25, 0.3) is 0 Å². The molecule has 3 N–H and O–H groups in total. The van der Waals surface area contributed by atoms with Gasteiger partial charge in [0.05, 0.1) is 11.1 Å². The van der Waals surface area contributed by atoms with Crippen molar-refractivity contribution in [2.24, 2.45) is 5.73 Å². The predicted molar refractivity (Wildman–Crippen MR) is 51.6 cm³/mol. The monoisotopic (exact) mass is 227 g/mol. The molecule has 0 amide bonds. The Morgan fingerprint density at radius 1 is 1.47 bits per heavy atom. The first-order valence-electron chi connectivity index (χ1n) is 4.13. The van der Waals surface area contributed by atoms with E-state index in [-0.39, 0.29) is 16.4 Å². The summed E-state index contributed by atoms with van der Waals surface area (Å²) in [6.45, 7) is 0. The van der Waals surface area contributed by atoms with E-state index in [1.165, 1.54) is 12.1 Å². The summed E-state index contributed by atoms with van der Waals surface area (Å²) in [4.78, 5) is 0. The first kappa shape index (κ1) is 10.0. The Morgan fingerprint density at radius 2 is 2.27 bits per heavy atom. The third kappa shape index (κ3) is 1.81. The Kier molecular flexibility index (Phi) is 2.61. The molecule has 0 radical (unpaired) electrons. The van der Waals surface area contributed by atoms with Gasteiger partial charge in [-0.2, -0.15) is 5.21 Å². The van der Waals surface area contributed by atoms with Crippen LogP contribution in [-0.2, 0) is 0 Å². The fourth-order valence-electron chi connectivity index (χ4n) is 1.20. The van der Waals surface area contributed by atoms with E-state index in [4.69, 9.17) is 17.3 Å². The van der Waals surface area contributed by atoms with E-state index >= 15 is 0 Å². The summed E-state index contributed by atoms with van der Waals surface area (Å²) in [6.07, 6.45) is 0. The molecule has 0 aliphatic carbocycles. The van der Waals surface area contributed by atoms with Gasteiger partial charge in [-0.15, -0.1) is 10.2 Å². The molecule has 1 aromatic carbocycles. The van der Waals surface area contributed by atoms with Crippen molar-refractivity contribution in [3.63, 3.8) is 0 Å². The minimum absolute atomic E-state index is 0.0199. The quantitative estimate of drug-likeness (QED) is 0.803. The maximum atomic E-state index is 13.5. The van der Waals surface area contributed by atoms with E-state index in [2.05, 4.69) is 20.6 Å². The number of nitrogens with two attached hydrogens (primary N) is 1. The second-order valence-corrected chi connectivity index (χ2v) is 3.30. The second-order valence-electron chi connectivity index (χ2n) is 2.89. The zero-order valence-corrected chi connectivity index (χ0v) is 8.24. The Morgan fingerprint density at radius 3 is 2.93 bits per heavy atom. The van der Waals surface area contributed by atoms with Gasteiger partial charge >= 0.3 is 0 Å². The summed E-state index contributed by atoms with van der Waals surface area (Å²) in [5.74, 6) is -0.340. The molecular weight excluding hydrogens is 221 g/mol. The van der Waals surface area contributed by atoms with Gasteiger partial charge in [0.2, 0.25) is 0 Å². The standard InChI is InChI=1S/C8H7ClFN5/c9-5-3-1-2-4(6(5)10)7(11)8-12-14-15-13-8/h1-3,7H,11H2,(H,12,13,14,15). The van der Waals surface area contributed by atoms with Crippen LogP contribution in [0, 0.1) is 5.82 Å². The van der Waals surface area contributed by atoms with Crippen LogP contribution < -0.4 is 5.73 Å². The summed E-state index contributed by atoms with van der Waals surface area (Å²) in [7, 11) is 0. The fraction of sp³-hybridized carbons (Fsp3) is 0.125. The number of halogens is 2. The molecule has 0 aliphatic rings. The average Bonchev–Trinajstić information content (AvgIpc) is 2.74. The molecule has 2 aromatic rings. The first-order chi connectivity index (χ1) is 7.20. The summed E-state index contributed by atoms with van der Waals surface area (Å²) in [5.41, 5.74) is 5.99. The molecule has 1 heterocycles. The van der Waals surface area contributed by atoms with E-state index in [1.807, 2.05) is 0 Å². The Labute approximate surface area is 89.4 Å². The topological polar surface area (TPSA) is 80.5 Å². The largest absolute Gasteiger partial charge is 0.317 e. The van der Waals surface area contributed by atoms with Gasteiger partial charge in [-0.3, -0.25) is 0 Å². The van der Waals surface area contributed by atoms with Gasteiger partial charge in [-0.05, 0) is 6.07 Å². The SMILES string of the molecule is NC(c1nn[nH]n1)c1cccc(Cl)c1F. The Balaban J connectivity index is 2.42. The van der Waals surface area contributed by atoms with Crippen molar-refractivity contribution in [3.05, 3.63) is 40.4 Å². The van der Waals surface area contributed by atoms with Crippen LogP contribution in [0.2, 0.25) is 5.02 Å². The van der Waals surface area contributed by atoms with Crippen LogP contribution in [0.1, 0.15) is 17.4 Å². The normalized spacial score (nSPS) is 12.7. The van der Waals surface area contributed by atoms with Crippen molar-refractivity contribution in [1.82, 2.24) is 20.6 Å². The van der Waals surface area contributed by atoms with Crippen LogP contribution in [0.3, 0.4) is 0 Å². The summed E-state index contributed by atoms with van der Waals surface area (Å²) < 4.78 is 13.5. The van der Waals surface area contributed by atoms with Crippen LogP contribution in [-0.4, -0.2) is 20.6 Å². The van der Waals surface area contributed by atoms with E-state index in [0.29, 0.717) is 0 Å². The lowest BCUT2D eigenvalue weighted by atomic mass is 10.1. The lowest BCUT2D eigenvalue weighted by Gasteiger charge is -2.08. The number of benzene rings is 1. The van der Waals surface area contributed by atoms with Crippen molar-refractivity contribution in [2.75, 3.05) is 0 Å². The first-order valence-corrected chi connectivity index (χ1v) is 4.51. The molecule has 1 atom stereocenters. The van der Waals surface area contributed by atoms with Crippen LogP contribution in [0.25, 0.3) is 0 Å². The average molecular weight is 228 g/mol. The summed E-state index contributed by atoms with van der Waals surface area (Å²) in [5, 5.41) is 13.0. The number of H-pyrrole nitrogens is 1. The zero-order valence-electron chi connectivity index (χ0n) is 7.48. The van der Waals surface area contributed by atoms with Gasteiger partial charge < -0.3 is 5.73 Å².